The summed E-state index contributed by atoms with van der Waals surface area (Å²) in [5.74, 6) is -2.08. The zero-order valence-electron chi connectivity index (χ0n) is 24.9. The number of hydrogen-bond acceptors (Lipinski definition) is 7. The Kier molecular flexibility index (Phi) is 8.45. The summed E-state index contributed by atoms with van der Waals surface area (Å²) in [4.78, 5) is 35.1. The van der Waals surface area contributed by atoms with Crippen LogP contribution in [-0.2, 0) is 23.1 Å². The Hall–Kier alpha value is -4.38. The monoisotopic (exact) mass is 591 g/mol. The van der Waals surface area contributed by atoms with Crippen molar-refractivity contribution in [1.82, 2.24) is 19.4 Å². The lowest BCUT2D eigenvalue weighted by molar-refractivity contribution is 0.0597. The maximum atomic E-state index is 14.8. The third kappa shape index (κ3) is 6.67. The number of carbonyl (C=O) groups excluding carboxylic acids is 2. The van der Waals surface area contributed by atoms with Crippen LogP contribution in [0.4, 0.5) is 19.4 Å². The second kappa shape index (κ2) is 12.1. The van der Waals surface area contributed by atoms with E-state index in [1.165, 1.54) is 7.11 Å². The van der Waals surface area contributed by atoms with Gasteiger partial charge in [0, 0.05) is 48.2 Å². The van der Waals surface area contributed by atoms with Crippen LogP contribution < -0.4 is 5.32 Å². The van der Waals surface area contributed by atoms with Gasteiger partial charge in [0.15, 0.2) is 0 Å². The maximum absolute atomic E-state index is 14.8. The second-order valence-electron chi connectivity index (χ2n) is 11.7. The van der Waals surface area contributed by atoms with Crippen LogP contribution in [0.2, 0.25) is 0 Å². The number of benzene rings is 1. The van der Waals surface area contributed by atoms with Crippen LogP contribution in [-0.4, -0.2) is 57.3 Å². The van der Waals surface area contributed by atoms with E-state index in [1.807, 2.05) is 19.2 Å². The molecule has 1 amide bonds. The molecule has 4 aromatic rings. The normalized spacial score (nSPS) is 14.6. The lowest BCUT2D eigenvalue weighted by atomic mass is 9.88. The third-order valence-electron chi connectivity index (χ3n) is 7.61. The number of esters is 1. The van der Waals surface area contributed by atoms with Gasteiger partial charge in [-0.05, 0) is 94.6 Å². The molecule has 1 aromatic carbocycles. The van der Waals surface area contributed by atoms with Gasteiger partial charge < -0.3 is 14.0 Å². The highest BCUT2D eigenvalue weighted by Gasteiger charge is 2.28. The molecular formula is C32H35F2N5O4. The number of nitrogens with one attached hydrogen (secondary N) is 1. The number of rotatable bonds is 6. The molecule has 0 radical (unpaired) electrons. The molecule has 3 aromatic heterocycles. The molecule has 0 unspecified atom stereocenters. The van der Waals surface area contributed by atoms with E-state index in [4.69, 9.17) is 4.74 Å². The van der Waals surface area contributed by atoms with E-state index in [0.29, 0.717) is 38.3 Å². The highest BCUT2D eigenvalue weighted by molar-refractivity contribution is 5.94. The summed E-state index contributed by atoms with van der Waals surface area (Å²) in [6, 6.07) is 9.77. The van der Waals surface area contributed by atoms with Gasteiger partial charge in [0.25, 0.3) is 0 Å². The summed E-state index contributed by atoms with van der Waals surface area (Å²) in [6.07, 6.45) is 4.08. The van der Waals surface area contributed by atoms with E-state index in [1.54, 1.807) is 39.2 Å². The van der Waals surface area contributed by atoms with Crippen molar-refractivity contribution in [3.63, 3.8) is 0 Å². The summed E-state index contributed by atoms with van der Waals surface area (Å²) >= 11 is 0. The molecule has 9 nitrogen and oxygen atoms in total. The molecule has 0 bridgehead atoms. The minimum atomic E-state index is -0.768. The first kappa shape index (κ1) is 30.1. The number of nitrogens with zero attached hydrogens (tertiary/aromatic N) is 4. The first-order chi connectivity index (χ1) is 20.4. The van der Waals surface area contributed by atoms with Crippen LogP contribution >= 0.6 is 0 Å². The number of piperidine rings is 1. The van der Waals surface area contributed by atoms with Gasteiger partial charge in [-0.15, -0.1) is 0 Å². The van der Waals surface area contributed by atoms with Crippen LogP contribution in [0.3, 0.4) is 0 Å². The fourth-order valence-corrected chi connectivity index (χ4v) is 5.53. The molecule has 43 heavy (non-hydrogen) atoms. The fourth-order valence-electron chi connectivity index (χ4n) is 5.53. The Morgan fingerprint density at radius 1 is 1.05 bits per heavy atom. The molecule has 0 atom stereocenters. The summed E-state index contributed by atoms with van der Waals surface area (Å²) < 4.78 is 41.6. The first-order valence-electron chi connectivity index (χ1n) is 14.1. The van der Waals surface area contributed by atoms with E-state index in [9.17, 15) is 18.4 Å². The van der Waals surface area contributed by atoms with E-state index in [-0.39, 0.29) is 17.0 Å². The van der Waals surface area contributed by atoms with Gasteiger partial charge in [-0.2, -0.15) is 0 Å². The van der Waals surface area contributed by atoms with Gasteiger partial charge in [0.1, 0.15) is 28.7 Å². The predicted octanol–water partition coefficient (Wildman–Crippen LogP) is 6.43. The number of hydrogen-bond donors (Lipinski definition) is 1. The number of methoxy groups -OCH3 is 1. The lowest BCUT2D eigenvalue weighted by Gasteiger charge is -2.32. The molecule has 0 saturated carbocycles. The van der Waals surface area contributed by atoms with Gasteiger partial charge >= 0.3 is 12.1 Å². The quantitative estimate of drug-likeness (QED) is 0.258. The SMILES string of the molecule is COC(=O)c1cc(F)c(C2CCN(Cc3cc4c(-c5ccc(NC(=O)OC(C)(C)C)nc5)ccnc4n3C)CC2)c(F)c1. The Balaban J connectivity index is 1.28. The van der Waals surface area contributed by atoms with Gasteiger partial charge in [-0.25, -0.2) is 28.3 Å². The minimum Gasteiger partial charge on any atom is -0.465 e. The first-order valence-corrected chi connectivity index (χ1v) is 14.1. The summed E-state index contributed by atoms with van der Waals surface area (Å²) in [5, 5.41) is 3.62. The smallest absolute Gasteiger partial charge is 0.413 e. The van der Waals surface area contributed by atoms with E-state index < -0.39 is 29.3 Å². The summed E-state index contributed by atoms with van der Waals surface area (Å²) in [7, 11) is 3.15. The molecular weight excluding hydrogens is 556 g/mol. The number of anilines is 1. The molecule has 1 aliphatic rings. The van der Waals surface area contributed by atoms with E-state index >= 15 is 0 Å². The molecule has 5 rings (SSSR count). The van der Waals surface area contributed by atoms with Gasteiger partial charge in [-0.3, -0.25) is 10.2 Å². The van der Waals surface area contributed by atoms with Crippen molar-refractivity contribution in [2.45, 2.75) is 51.7 Å². The van der Waals surface area contributed by atoms with Crippen LogP contribution in [0.15, 0.2) is 48.8 Å². The van der Waals surface area contributed by atoms with Gasteiger partial charge in [-0.1, -0.05) is 0 Å². The number of ether oxygens (including phenoxy) is 2. The zero-order valence-corrected chi connectivity index (χ0v) is 24.9. The van der Waals surface area contributed by atoms with Crippen molar-refractivity contribution < 1.29 is 27.8 Å². The number of amides is 1. The number of halogens is 2. The third-order valence-corrected chi connectivity index (χ3v) is 7.61. The summed E-state index contributed by atoms with van der Waals surface area (Å²) in [6.45, 7) is 7.38. The van der Waals surface area contributed by atoms with Crippen molar-refractivity contribution in [3.8, 4) is 11.1 Å². The Bertz CT molecular complexity index is 1630. The number of fused-ring (bicyclic) bond motifs is 1. The minimum absolute atomic E-state index is 0.0340. The topological polar surface area (TPSA) is 98.6 Å². The molecule has 1 N–H and O–H groups in total. The molecule has 1 fully saturated rings. The number of aromatic nitrogens is 3. The van der Waals surface area contributed by atoms with Crippen molar-refractivity contribution in [1.29, 1.82) is 0 Å². The number of carbonyl (C=O) groups is 2. The number of aryl methyl sites for hydroxylation is 1. The van der Waals surface area contributed by atoms with Crippen LogP contribution in [0.25, 0.3) is 22.2 Å². The highest BCUT2D eigenvalue weighted by Crippen LogP contribution is 2.34. The van der Waals surface area contributed by atoms with Crippen molar-refractivity contribution >= 4 is 28.9 Å². The van der Waals surface area contributed by atoms with Crippen molar-refractivity contribution in [2.24, 2.45) is 7.05 Å². The standard InChI is InChI=1S/C32H35F2N5O4/c1-32(2,3)43-31(41)37-27-7-6-20(17-36-27)23-8-11-35-29-24(23)16-22(38(29)4)18-39-12-9-19(10-13-39)28-25(33)14-21(15-26(28)34)30(40)42-5/h6-8,11,14-17,19H,9-10,12-13,18H2,1-5H3,(H,36,37,41). The Labute approximate surface area is 248 Å². The largest absolute Gasteiger partial charge is 0.465 e. The molecule has 1 aliphatic heterocycles. The number of pyridine rings is 2. The number of likely N-dealkylation sites (tertiary alicyclic amines) is 1. The van der Waals surface area contributed by atoms with Crippen LogP contribution in [0.1, 0.15) is 61.1 Å². The van der Waals surface area contributed by atoms with Crippen LogP contribution in [0, 0.1) is 11.6 Å². The lowest BCUT2D eigenvalue weighted by Crippen LogP contribution is -2.33. The fraction of sp³-hybridized carbons (Fsp3) is 0.375. The summed E-state index contributed by atoms with van der Waals surface area (Å²) in [5.41, 5.74) is 3.02. The van der Waals surface area contributed by atoms with Crippen molar-refractivity contribution in [2.75, 3.05) is 25.5 Å². The highest BCUT2D eigenvalue weighted by atomic mass is 19.1. The second-order valence-corrected chi connectivity index (χ2v) is 11.7. The van der Waals surface area contributed by atoms with Crippen molar-refractivity contribution in [3.05, 3.63) is 77.2 Å². The van der Waals surface area contributed by atoms with E-state index in [0.717, 1.165) is 40.0 Å². The van der Waals surface area contributed by atoms with Gasteiger partial charge in [0.05, 0.1) is 12.7 Å². The van der Waals surface area contributed by atoms with E-state index in [2.05, 4.69) is 35.6 Å². The molecule has 226 valence electrons. The predicted molar refractivity (Wildman–Crippen MR) is 159 cm³/mol. The zero-order chi connectivity index (χ0) is 30.9. The average molecular weight is 592 g/mol. The maximum Gasteiger partial charge on any atom is 0.413 e. The molecule has 11 heteroatoms. The molecule has 4 heterocycles. The molecule has 1 saturated heterocycles. The Morgan fingerprint density at radius 3 is 2.35 bits per heavy atom. The Morgan fingerprint density at radius 2 is 1.74 bits per heavy atom. The van der Waals surface area contributed by atoms with Gasteiger partial charge in [0.2, 0.25) is 0 Å². The molecule has 0 aliphatic carbocycles. The molecule has 0 spiro atoms. The average Bonchev–Trinajstić information content (AvgIpc) is 3.27. The van der Waals surface area contributed by atoms with Crippen LogP contribution in [0.5, 0.6) is 0 Å².